The molecule has 0 aromatic carbocycles. The maximum atomic E-state index is 11.2. The zero-order chi connectivity index (χ0) is 11.5. The number of hydrazine groups is 1. The maximum absolute atomic E-state index is 11.2. The van der Waals surface area contributed by atoms with Crippen LogP contribution in [0.2, 0.25) is 0 Å². The molecular formula is C10H16N4O2. The number of nitrogens with two attached hydrogens (primary N) is 1. The number of nitrogens with one attached hydrogen (secondary N) is 1. The third-order valence-corrected chi connectivity index (χ3v) is 2.70. The smallest absolute Gasteiger partial charge is 0.263 e. The van der Waals surface area contributed by atoms with E-state index < -0.39 is 6.10 Å². The number of amides is 1. The van der Waals surface area contributed by atoms with Crippen LogP contribution in [-0.2, 0) is 16.1 Å². The van der Waals surface area contributed by atoms with E-state index in [9.17, 15) is 4.79 Å². The highest BCUT2D eigenvalue weighted by molar-refractivity contribution is 5.80. The molecule has 0 spiro atoms. The van der Waals surface area contributed by atoms with Crippen molar-refractivity contribution in [3.63, 3.8) is 0 Å². The molecule has 1 saturated heterocycles. The Morgan fingerprint density at radius 3 is 3.19 bits per heavy atom. The van der Waals surface area contributed by atoms with E-state index in [1.54, 1.807) is 6.20 Å². The van der Waals surface area contributed by atoms with Gasteiger partial charge in [0.2, 0.25) is 0 Å². The summed E-state index contributed by atoms with van der Waals surface area (Å²) >= 11 is 0. The second kappa shape index (κ2) is 4.63. The number of hydrogen-bond donors (Lipinski definition) is 2. The van der Waals surface area contributed by atoms with Crippen molar-refractivity contribution in [3.05, 3.63) is 18.0 Å². The Morgan fingerprint density at radius 2 is 2.56 bits per heavy atom. The first-order chi connectivity index (χ1) is 7.69. The largest absolute Gasteiger partial charge is 0.363 e. The van der Waals surface area contributed by atoms with Crippen LogP contribution in [0.25, 0.3) is 0 Å². The van der Waals surface area contributed by atoms with Gasteiger partial charge in [-0.05, 0) is 25.3 Å². The van der Waals surface area contributed by atoms with Crippen LogP contribution in [0.1, 0.15) is 18.4 Å². The number of rotatable bonds is 3. The van der Waals surface area contributed by atoms with Gasteiger partial charge in [-0.25, -0.2) is 5.84 Å². The Bertz CT molecular complexity index is 377. The van der Waals surface area contributed by atoms with Gasteiger partial charge in [0, 0.05) is 6.20 Å². The molecule has 1 aromatic heterocycles. The van der Waals surface area contributed by atoms with Crippen molar-refractivity contribution in [3.8, 4) is 0 Å². The van der Waals surface area contributed by atoms with Crippen LogP contribution in [0.15, 0.2) is 12.4 Å². The van der Waals surface area contributed by atoms with Gasteiger partial charge in [0.05, 0.1) is 18.8 Å². The summed E-state index contributed by atoms with van der Waals surface area (Å²) in [5.74, 6) is 4.81. The SMILES string of the molecule is Cc1cnn(CC2CCC(C(=O)NN)O2)c1. The molecular weight excluding hydrogens is 208 g/mol. The van der Waals surface area contributed by atoms with Crippen molar-refractivity contribution >= 4 is 5.91 Å². The minimum absolute atomic E-state index is 0.0431. The average molecular weight is 224 g/mol. The van der Waals surface area contributed by atoms with Crippen LogP contribution >= 0.6 is 0 Å². The summed E-state index contributed by atoms with van der Waals surface area (Å²) in [4.78, 5) is 11.2. The number of carbonyl (C=O) groups excluding carboxylic acids is 1. The van der Waals surface area contributed by atoms with E-state index in [2.05, 4.69) is 10.5 Å². The van der Waals surface area contributed by atoms with Crippen molar-refractivity contribution < 1.29 is 9.53 Å². The highest BCUT2D eigenvalue weighted by Crippen LogP contribution is 2.20. The van der Waals surface area contributed by atoms with Gasteiger partial charge in [-0.1, -0.05) is 0 Å². The fraction of sp³-hybridized carbons (Fsp3) is 0.600. The lowest BCUT2D eigenvalue weighted by Gasteiger charge is -2.12. The molecule has 2 atom stereocenters. The summed E-state index contributed by atoms with van der Waals surface area (Å²) < 4.78 is 7.41. The molecule has 1 amide bonds. The molecule has 1 aliphatic rings. The first-order valence-electron chi connectivity index (χ1n) is 5.34. The molecule has 2 heterocycles. The molecule has 2 rings (SSSR count). The zero-order valence-corrected chi connectivity index (χ0v) is 9.22. The second-order valence-corrected chi connectivity index (χ2v) is 4.07. The third-order valence-electron chi connectivity index (χ3n) is 2.70. The molecule has 0 radical (unpaired) electrons. The topological polar surface area (TPSA) is 82.2 Å². The Labute approximate surface area is 93.7 Å². The van der Waals surface area contributed by atoms with Crippen LogP contribution < -0.4 is 11.3 Å². The molecule has 1 aliphatic heterocycles. The molecule has 16 heavy (non-hydrogen) atoms. The molecule has 2 unspecified atom stereocenters. The van der Waals surface area contributed by atoms with E-state index in [1.807, 2.05) is 17.8 Å². The van der Waals surface area contributed by atoms with Gasteiger partial charge in [-0.15, -0.1) is 0 Å². The predicted molar refractivity (Wildman–Crippen MR) is 57.2 cm³/mol. The standard InChI is InChI=1S/C10H16N4O2/c1-7-4-12-14(5-7)6-8-2-3-9(16-8)10(15)13-11/h4-5,8-9H,2-3,6,11H2,1H3,(H,13,15). The summed E-state index contributed by atoms with van der Waals surface area (Å²) in [7, 11) is 0. The maximum Gasteiger partial charge on any atom is 0.263 e. The van der Waals surface area contributed by atoms with Crippen molar-refractivity contribution in [1.82, 2.24) is 15.2 Å². The minimum Gasteiger partial charge on any atom is -0.363 e. The molecule has 3 N–H and O–H groups in total. The molecule has 0 bridgehead atoms. The monoisotopic (exact) mass is 224 g/mol. The minimum atomic E-state index is -0.411. The Morgan fingerprint density at radius 1 is 1.75 bits per heavy atom. The van der Waals surface area contributed by atoms with Crippen LogP contribution in [0.4, 0.5) is 0 Å². The highest BCUT2D eigenvalue weighted by Gasteiger charge is 2.30. The predicted octanol–water partition coefficient (Wildman–Crippen LogP) is -0.271. The van der Waals surface area contributed by atoms with Gasteiger partial charge in [-0.3, -0.25) is 14.9 Å². The molecule has 1 aromatic rings. The number of aromatic nitrogens is 2. The molecule has 0 aliphatic carbocycles. The average Bonchev–Trinajstić information content (AvgIpc) is 2.87. The van der Waals surface area contributed by atoms with Crippen LogP contribution in [0.5, 0.6) is 0 Å². The normalized spacial score (nSPS) is 24.6. The molecule has 0 saturated carbocycles. The third kappa shape index (κ3) is 2.40. The fourth-order valence-corrected chi connectivity index (χ4v) is 1.90. The first kappa shape index (κ1) is 11.1. The lowest BCUT2D eigenvalue weighted by atomic mass is 10.2. The number of hydrogen-bond acceptors (Lipinski definition) is 4. The van der Waals surface area contributed by atoms with Crippen LogP contribution in [-0.4, -0.2) is 27.9 Å². The summed E-state index contributed by atoms with van der Waals surface area (Å²) in [6, 6.07) is 0. The highest BCUT2D eigenvalue weighted by atomic mass is 16.5. The van der Waals surface area contributed by atoms with Gasteiger partial charge >= 0.3 is 0 Å². The van der Waals surface area contributed by atoms with Crippen molar-refractivity contribution in [1.29, 1.82) is 0 Å². The van der Waals surface area contributed by atoms with Gasteiger partial charge in [0.15, 0.2) is 0 Å². The van der Waals surface area contributed by atoms with Crippen molar-refractivity contribution in [2.24, 2.45) is 5.84 Å². The summed E-state index contributed by atoms with van der Waals surface area (Å²) in [5.41, 5.74) is 3.23. The number of carbonyl (C=O) groups is 1. The lowest BCUT2D eigenvalue weighted by molar-refractivity contribution is -0.132. The van der Waals surface area contributed by atoms with Crippen LogP contribution in [0, 0.1) is 6.92 Å². The first-order valence-corrected chi connectivity index (χ1v) is 5.34. The van der Waals surface area contributed by atoms with Crippen LogP contribution in [0.3, 0.4) is 0 Å². The summed E-state index contributed by atoms with van der Waals surface area (Å²) in [6.07, 6.45) is 4.97. The number of nitrogens with zero attached hydrogens (tertiary/aromatic N) is 2. The van der Waals surface area contributed by atoms with Gasteiger partial charge in [0.25, 0.3) is 5.91 Å². The quantitative estimate of drug-likeness (QED) is 0.420. The molecule has 6 heteroatoms. The van der Waals surface area contributed by atoms with Crippen molar-refractivity contribution in [2.75, 3.05) is 0 Å². The van der Waals surface area contributed by atoms with E-state index in [0.29, 0.717) is 13.0 Å². The van der Waals surface area contributed by atoms with Crippen molar-refractivity contribution in [2.45, 2.75) is 38.5 Å². The lowest BCUT2D eigenvalue weighted by Crippen LogP contribution is -2.39. The number of ether oxygens (including phenoxy) is 1. The van der Waals surface area contributed by atoms with E-state index in [-0.39, 0.29) is 12.0 Å². The van der Waals surface area contributed by atoms with E-state index in [4.69, 9.17) is 10.6 Å². The fourth-order valence-electron chi connectivity index (χ4n) is 1.90. The Kier molecular flexibility index (Phi) is 3.21. The number of aryl methyl sites for hydroxylation is 1. The van der Waals surface area contributed by atoms with E-state index >= 15 is 0 Å². The summed E-state index contributed by atoms with van der Waals surface area (Å²) in [5, 5.41) is 4.18. The van der Waals surface area contributed by atoms with E-state index in [1.165, 1.54) is 0 Å². The zero-order valence-electron chi connectivity index (χ0n) is 9.22. The van der Waals surface area contributed by atoms with E-state index in [0.717, 1.165) is 12.0 Å². The summed E-state index contributed by atoms with van der Waals surface area (Å²) in [6.45, 7) is 2.67. The van der Waals surface area contributed by atoms with Gasteiger partial charge in [0.1, 0.15) is 6.10 Å². The Balaban J connectivity index is 1.87. The molecule has 88 valence electrons. The Hall–Kier alpha value is -1.40. The van der Waals surface area contributed by atoms with Gasteiger partial charge in [-0.2, -0.15) is 5.10 Å². The second-order valence-electron chi connectivity index (χ2n) is 4.07. The molecule has 1 fully saturated rings. The molecule has 6 nitrogen and oxygen atoms in total. The van der Waals surface area contributed by atoms with Gasteiger partial charge < -0.3 is 4.74 Å².